The zero-order chi connectivity index (χ0) is 13.4. The predicted molar refractivity (Wildman–Crippen MR) is 71.5 cm³/mol. The highest BCUT2D eigenvalue weighted by Gasteiger charge is 2.41. The van der Waals surface area contributed by atoms with Crippen LogP contribution < -0.4 is 0 Å². The van der Waals surface area contributed by atoms with Crippen LogP contribution in [0.1, 0.15) is 51.9 Å². The van der Waals surface area contributed by atoms with Gasteiger partial charge in [0.15, 0.2) is 0 Å². The molecule has 18 heavy (non-hydrogen) atoms. The molecule has 1 rings (SSSR count). The molecule has 0 N–H and O–H groups in total. The van der Waals surface area contributed by atoms with Gasteiger partial charge in [0.05, 0.1) is 12.6 Å². The van der Waals surface area contributed by atoms with E-state index in [1.165, 1.54) is 0 Å². The van der Waals surface area contributed by atoms with Crippen molar-refractivity contribution in [3.63, 3.8) is 0 Å². The SMILES string of the molecule is C#CCN(CCC)C(=O)C1(C#N)CCCCCC1. The van der Waals surface area contributed by atoms with Crippen LogP contribution >= 0.6 is 0 Å². The second-order valence-corrected chi connectivity index (χ2v) is 5.04. The third-order valence-electron chi connectivity index (χ3n) is 3.64. The Balaban J connectivity index is 2.88. The molecule has 0 aromatic carbocycles. The summed E-state index contributed by atoms with van der Waals surface area (Å²) in [5.74, 6) is 2.48. The Bertz CT molecular complexity index is 354. The highest BCUT2D eigenvalue weighted by Crippen LogP contribution is 2.36. The molecule has 0 aliphatic heterocycles. The zero-order valence-electron chi connectivity index (χ0n) is 11.2. The molecule has 1 saturated carbocycles. The Labute approximate surface area is 110 Å². The summed E-state index contributed by atoms with van der Waals surface area (Å²) in [6.07, 6.45) is 11.7. The minimum Gasteiger partial charge on any atom is -0.330 e. The number of carbonyl (C=O) groups excluding carboxylic acids is 1. The van der Waals surface area contributed by atoms with Crippen LogP contribution in [0.3, 0.4) is 0 Å². The number of amides is 1. The van der Waals surface area contributed by atoms with Gasteiger partial charge in [0.25, 0.3) is 0 Å². The number of nitrogens with zero attached hydrogens (tertiary/aromatic N) is 2. The summed E-state index contributed by atoms with van der Waals surface area (Å²) in [6, 6.07) is 2.29. The largest absolute Gasteiger partial charge is 0.330 e. The van der Waals surface area contributed by atoms with Crippen molar-refractivity contribution in [2.45, 2.75) is 51.9 Å². The lowest BCUT2D eigenvalue weighted by atomic mass is 9.80. The second kappa shape index (κ2) is 7.07. The molecule has 0 atom stereocenters. The monoisotopic (exact) mass is 246 g/mol. The first-order chi connectivity index (χ1) is 8.70. The van der Waals surface area contributed by atoms with E-state index in [-0.39, 0.29) is 5.91 Å². The molecule has 0 bridgehead atoms. The van der Waals surface area contributed by atoms with E-state index < -0.39 is 5.41 Å². The first-order valence-electron chi connectivity index (χ1n) is 6.84. The van der Waals surface area contributed by atoms with Gasteiger partial charge in [0.2, 0.25) is 5.91 Å². The molecule has 0 aromatic heterocycles. The Morgan fingerprint density at radius 2 is 1.94 bits per heavy atom. The van der Waals surface area contributed by atoms with Crippen LogP contribution in [0.2, 0.25) is 0 Å². The van der Waals surface area contributed by atoms with Gasteiger partial charge in [-0.25, -0.2) is 0 Å². The predicted octanol–water partition coefficient (Wildman–Crippen LogP) is 2.72. The molecule has 0 heterocycles. The summed E-state index contributed by atoms with van der Waals surface area (Å²) in [7, 11) is 0. The highest BCUT2D eigenvalue weighted by atomic mass is 16.2. The molecule has 1 fully saturated rings. The number of terminal acetylenes is 1. The van der Waals surface area contributed by atoms with Gasteiger partial charge in [-0.3, -0.25) is 4.79 Å². The first kappa shape index (κ1) is 14.6. The van der Waals surface area contributed by atoms with Crippen molar-refractivity contribution in [3.8, 4) is 18.4 Å². The number of hydrogen-bond donors (Lipinski definition) is 0. The summed E-state index contributed by atoms with van der Waals surface area (Å²) in [5.41, 5.74) is -0.817. The van der Waals surface area contributed by atoms with E-state index in [9.17, 15) is 10.1 Å². The lowest BCUT2D eigenvalue weighted by molar-refractivity contribution is -0.139. The first-order valence-corrected chi connectivity index (χ1v) is 6.84. The van der Waals surface area contributed by atoms with Crippen molar-refractivity contribution < 1.29 is 4.79 Å². The van der Waals surface area contributed by atoms with Gasteiger partial charge in [0, 0.05) is 6.54 Å². The maximum Gasteiger partial charge on any atom is 0.243 e. The maximum absolute atomic E-state index is 12.6. The summed E-state index contributed by atoms with van der Waals surface area (Å²) in [5, 5.41) is 9.47. The molecule has 0 spiro atoms. The Morgan fingerprint density at radius 1 is 1.33 bits per heavy atom. The number of rotatable bonds is 4. The standard InChI is InChI=1S/C15H22N2O/c1-3-11-17(12-4-2)14(18)15(13-16)9-7-5-6-8-10-15/h1H,4-12H2,2H3. The molecule has 0 unspecified atom stereocenters. The number of nitriles is 1. The fraction of sp³-hybridized carbons (Fsp3) is 0.733. The van der Waals surface area contributed by atoms with E-state index in [4.69, 9.17) is 6.42 Å². The van der Waals surface area contributed by atoms with Crippen LogP contribution in [0.15, 0.2) is 0 Å². The molecule has 3 nitrogen and oxygen atoms in total. The normalized spacial score (nSPS) is 18.2. The zero-order valence-corrected chi connectivity index (χ0v) is 11.2. The summed E-state index contributed by atoms with van der Waals surface area (Å²) < 4.78 is 0. The van der Waals surface area contributed by atoms with Crippen LogP contribution in [-0.2, 0) is 4.79 Å². The number of hydrogen-bond acceptors (Lipinski definition) is 2. The fourth-order valence-electron chi connectivity index (χ4n) is 2.64. The van der Waals surface area contributed by atoms with Crippen LogP contribution in [0.5, 0.6) is 0 Å². The van der Waals surface area contributed by atoms with E-state index in [1.54, 1.807) is 4.90 Å². The van der Waals surface area contributed by atoms with Crippen molar-refractivity contribution in [1.29, 1.82) is 5.26 Å². The van der Waals surface area contributed by atoms with E-state index in [0.29, 0.717) is 25.9 Å². The second-order valence-electron chi connectivity index (χ2n) is 5.04. The highest BCUT2D eigenvalue weighted by molar-refractivity contribution is 5.85. The molecule has 0 radical (unpaired) electrons. The van der Waals surface area contributed by atoms with Crippen molar-refractivity contribution in [2.75, 3.05) is 13.1 Å². The molecule has 0 aromatic rings. The fourth-order valence-corrected chi connectivity index (χ4v) is 2.64. The summed E-state index contributed by atoms with van der Waals surface area (Å²) in [4.78, 5) is 14.3. The van der Waals surface area contributed by atoms with Crippen molar-refractivity contribution in [1.82, 2.24) is 4.90 Å². The Hall–Kier alpha value is -1.48. The Kier molecular flexibility index (Phi) is 5.72. The summed E-state index contributed by atoms with van der Waals surface area (Å²) >= 11 is 0. The van der Waals surface area contributed by atoms with Gasteiger partial charge < -0.3 is 4.90 Å². The maximum atomic E-state index is 12.6. The smallest absolute Gasteiger partial charge is 0.243 e. The quantitative estimate of drug-likeness (QED) is 0.565. The van der Waals surface area contributed by atoms with Gasteiger partial charge in [-0.2, -0.15) is 5.26 Å². The molecule has 98 valence electrons. The number of carbonyl (C=O) groups is 1. The lowest BCUT2D eigenvalue weighted by Gasteiger charge is -2.30. The van der Waals surface area contributed by atoms with E-state index in [2.05, 4.69) is 12.0 Å². The molecular formula is C15H22N2O. The third kappa shape index (κ3) is 3.26. The topological polar surface area (TPSA) is 44.1 Å². The molecule has 1 amide bonds. The van der Waals surface area contributed by atoms with Gasteiger partial charge in [0.1, 0.15) is 5.41 Å². The van der Waals surface area contributed by atoms with Crippen LogP contribution in [-0.4, -0.2) is 23.9 Å². The lowest BCUT2D eigenvalue weighted by Crippen LogP contribution is -2.43. The minimum absolute atomic E-state index is 0.0494. The van der Waals surface area contributed by atoms with E-state index in [1.807, 2.05) is 6.92 Å². The van der Waals surface area contributed by atoms with E-state index >= 15 is 0 Å². The van der Waals surface area contributed by atoms with Crippen LogP contribution in [0.25, 0.3) is 0 Å². The average molecular weight is 246 g/mol. The third-order valence-corrected chi connectivity index (χ3v) is 3.64. The van der Waals surface area contributed by atoms with Gasteiger partial charge in [-0.05, 0) is 19.3 Å². The minimum atomic E-state index is -0.817. The van der Waals surface area contributed by atoms with Crippen molar-refractivity contribution in [2.24, 2.45) is 5.41 Å². The van der Waals surface area contributed by atoms with Crippen molar-refractivity contribution >= 4 is 5.91 Å². The molecule has 1 aliphatic rings. The average Bonchev–Trinajstić information content (AvgIpc) is 2.64. The molecule has 3 heteroatoms. The Morgan fingerprint density at radius 3 is 2.39 bits per heavy atom. The van der Waals surface area contributed by atoms with Crippen LogP contribution in [0.4, 0.5) is 0 Å². The molecule has 1 aliphatic carbocycles. The van der Waals surface area contributed by atoms with E-state index in [0.717, 1.165) is 32.1 Å². The van der Waals surface area contributed by atoms with Gasteiger partial charge >= 0.3 is 0 Å². The summed E-state index contributed by atoms with van der Waals surface area (Å²) in [6.45, 7) is 2.98. The van der Waals surface area contributed by atoms with Crippen molar-refractivity contribution in [3.05, 3.63) is 0 Å². The van der Waals surface area contributed by atoms with Gasteiger partial charge in [-0.15, -0.1) is 6.42 Å². The van der Waals surface area contributed by atoms with Gasteiger partial charge in [-0.1, -0.05) is 38.5 Å². The van der Waals surface area contributed by atoms with Crippen LogP contribution in [0, 0.1) is 29.1 Å². The molecule has 0 saturated heterocycles. The molecular weight excluding hydrogens is 224 g/mol.